The fourth-order valence-electron chi connectivity index (χ4n) is 3.70. The van der Waals surface area contributed by atoms with Crippen LogP contribution in [0.2, 0.25) is 5.02 Å². The molecule has 0 radical (unpaired) electrons. The SMILES string of the molecule is COc1ccccc1NC(=O)C1Sc2nnc(-c3ccccc3)n2NC1c1ccc(Cl)cc1. The van der Waals surface area contributed by atoms with E-state index in [0.717, 1.165) is 11.1 Å². The van der Waals surface area contributed by atoms with Crippen LogP contribution < -0.4 is 15.5 Å². The minimum absolute atomic E-state index is 0.174. The number of aromatic nitrogens is 3. The molecule has 1 aromatic heterocycles. The molecule has 1 aliphatic rings. The van der Waals surface area contributed by atoms with Gasteiger partial charge in [0.25, 0.3) is 0 Å². The molecule has 0 bridgehead atoms. The summed E-state index contributed by atoms with van der Waals surface area (Å²) in [7, 11) is 1.58. The van der Waals surface area contributed by atoms with E-state index in [1.54, 1.807) is 13.2 Å². The van der Waals surface area contributed by atoms with Gasteiger partial charge in [0, 0.05) is 10.6 Å². The number of halogens is 1. The number of nitrogens with one attached hydrogen (secondary N) is 2. The molecule has 0 aliphatic carbocycles. The summed E-state index contributed by atoms with van der Waals surface area (Å²) < 4.78 is 7.23. The third-order valence-corrected chi connectivity index (χ3v) is 6.79. The maximum Gasteiger partial charge on any atom is 0.240 e. The number of rotatable bonds is 5. The number of para-hydroxylation sites is 2. The van der Waals surface area contributed by atoms with E-state index in [0.29, 0.717) is 27.4 Å². The topological polar surface area (TPSA) is 81.1 Å². The largest absolute Gasteiger partial charge is 0.495 e. The molecule has 0 saturated carbocycles. The first-order valence-electron chi connectivity index (χ1n) is 10.3. The van der Waals surface area contributed by atoms with E-state index in [-0.39, 0.29) is 11.9 Å². The number of benzene rings is 3. The van der Waals surface area contributed by atoms with Crippen LogP contribution in [0.4, 0.5) is 5.69 Å². The van der Waals surface area contributed by atoms with E-state index >= 15 is 0 Å². The predicted molar refractivity (Wildman–Crippen MR) is 130 cm³/mol. The highest BCUT2D eigenvalue weighted by atomic mass is 35.5. The van der Waals surface area contributed by atoms with Gasteiger partial charge in [-0.2, -0.15) is 0 Å². The number of carbonyl (C=O) groups excluding carboxylic acids is 1. The molecule has 9 heteroatoms. The molecule has 3 aromatic carbocycles. The third kappa shape index (κ3) is 4.27. The van der Waals surface area contributed by atoms with Crippen LogP contribution in [0.25, 0.3) is 11.4 Å². The second-order valence-electron chi connectivity index (χ2n) is 7.39. The normalized spacial score (nSPS) is 17.0. The van der Waals surface area contributed by atoms with Crippen LogP contribution in [0.1, 0.15) is 11.6 Å². The fraction of sp³-hybridized carbons (Fsp3) is 0.125. The molecule has 33 heavy (non-hydrogen) atoms. The van der Waals surface area contributed by atoms with Crippen LogP contribution >= 0.6 is 23.4 Å². The highest BCUT2D eigenvalue weighted by Gasteiger charge is 2.38. The second kappa shape index (κ2) is 9.17. The van der Waals surface area contributed by atoms with Crippen LogP contribution in [-0.2, 0) is 4.79 Å². The van der Waals surface area contributed by atoms with Gasteiger partial charge < -0.3 is 15.5 Å². The van der Waals surface area contributed by atoms with E-state index in [1.165, 1.54) is 11.8 Å². The van der Waals surface area contributed by atoms with Crippen molar-refractivity contribution < 1.29 is 9.53 Å². The number of methoxy groups -OCH3 is 1. The lowest BCUT2D eigenvalue weighted by atomic mass is 10.0. The fourth-order valence-corrected chi connectivity index (χ4v) is 4.91. The predicted octanol–water partition coefficient (Wildman–Crippen LogP) is 5.00. The summed E-state index contributed by atoms with van der Waals surface area (Å²) >= 11 is 7.48. The third-order valence-electron chi connectivity index (χ3n) is 5.32. The van der Waals surface area contributed by atoms with Crippen molar-refractivity contribution in [2.75, 3.05) is 17.9 Å². The zero-order chi connectivity index (χ0) is 22.8. The number of fused-ring (bicyclic) bond motifs is 1. The first-order valence-corrected chi connectivity index (χ1v) is 11.5. The maximum absolute atomic E-state index is 13.5. The summed E-state index contributed by atoms with van der Waals surface area (Å²) in [6.45, 7) is 0. The smallest absolute Gasteiger partial charge is 0.240 e. The first kappa shape index (κ1) is 21.4. The minimum Gasteiger partial charge on any atom is -0.495 e. The standard InChI is InChI=1S/C24H20ClN5O2S/c1-32-19-10-6-5-9-18(19)26-23(31)21-20(15-11-13-17(25)14-12-15)29-30-22(27-28-24(30)33-21)16-7-3-2-4-8-16/h2-14,20-21,29H,1H3,(H,26,31). The Morgan fingerprint density at radius 2 is 1.76 bits per heavy atom. The Kier molecular flexibility index (Phi) is 5.93. The van der Waals surface area contributed by atoms with Gasteiger partial charge in [0.1, 0.15) is 11.0 Å². The average Bonchev–Trinajstić information content (AvgIpc) is 3.27. The lowest BCUT2D eigenvalue weighted by Crippen LogP contribution is -2.41. The monoisotopic (exact) mass is 477 g/mol. The van der Waals surface area contributed by atoms with Crippen LogP contribution in [0.3, 0.4) is 0 Å². The lowest BCUT2D eigenvalue weighted by molar-refractivity contribution is -0.116. The summed E-state index contributed by atoms with van der Waals surface area (Å²) in [5.74, 6) is 1.10. The van der Waals surface area contributed by atoms with E-state index in [2.05, 4.69) is 20.9 Å². The molecule has 7 nitrogen and oxygen atoms in total. The molecule has 2 N–H and O–H groups in total. The Balaban J connectivity index is 1.52. The Bertz CT molecular complexity index is 1280. The number of hydrogen-bond donors (Lipinski definition) is 2. The number of thioether (sulfide) groups is 1. The number of nitrogens with zero attached hydrogens (tertiary/aromatic N) is 3. The number of anilines is 1. The van der Waals surface area contributed by atoms with Crippen molar-refractivity contribution in [3.05, 3.63) is 89.4 Å². The summed E-state index contributed by atoms with van der Waals surface area (Å²) in [5, 5.41) is 12.4. The molecular formula is C24H20ClN5O2S. The summed E-state index contributed by atoms with van der Waals surface area (Å²) in [4.78, 5) is 13.5. The second-order valence-corrected chi connectivity index (χ2v) is 8.94. The van der Waals surface area contributed by atoms with E-state index < -0.39 is 5.25 Å². The van der Waals surface area contributed by atoms with Gasteiger partial charge in [-0.15, -0.1) is 10.2 Å². The zero-order valence-electron chi connectivity index (χ0n) is 17.6. The van der Waals surface area contributed by atoms with E-state index in [4.69, 9.17) is 16.3 Å². The molecule has 166 valence electrons. The van der Waals surface area contributed by atoms with Crippen molar-refractivity contribution in [3.63, 3.8) is 0 Å². The molecule has 2 heterocycles. The number of carbonyl (C=O) groups is 1. The molecule has 1 aliphatic heterocycles. The van der Waals surface area contributed by atoms with Crippen LogP contribution in [0, 0.1) is 0 Å². The van der Waals surface area contributed by atoms with Crippen molar-refractivity contribution in [1.82, 2.24) is 14.9 Å². The van der Waals surface area contributed by atoms with Gasteiger partial charge in [-0.1, -0.05) is 78.0 Å². The number of amides is 1. The minimum atomic E-state index is -0.517. The summed E-state index contributed by atoms with van der Waals surface area (Å²) in [6, 6.07) is 24.2. The van der Waals surface area contributed by atoms with Gasteiger partial charge in [0.05, 0.1) is 18.8 Å². The molecule has 5 rings (SSSR count). The molecule has 1 amide bonds. The van der Waals surface area contributed by atoms with E-state index in [9.17, 15) is 4.79 Å². The lowest BCUT2D eigenvalue weighted by Gasteiger charge is -2.33. The van der Waals surface area contributed by atoms with Gasteiger partial charge in [-0.3, -0.25) is 4.79 Å². The molecule has 0 saturated heterocycles. The Hall–Kier alpha value is -3.49. The zero-order valence-corrected chi connectivity index (χ0v) is 19.2. The molecule has 4 aromatic rings. The quantitative estimate of drug-likeness (QED) is 0.421. The van der Waals surface area contributed by atoms with Crippen molar-refractivity contribution in [2.45, 2.75) is 16.4 Å². The van der Waals surface area contributed by atoms with Gasteiger partial charge in [-0.05, 0) is 29.8 Å². The maximum atomic E-state index is 13.5. The van der Waals surface area contributed by atoms with Crippen LogP contribution in [0.15, 0.2) is 84.0 Å². The van der Waals surface area contributed by atoms with Gasteiger partial charge >= 0.3 is 0 Å². The summed E-state index contributed by atoms with van der Waals surface area (Å²) in [5.41, 5.74) is 5.92. The van der Waals surface area contributed by atoms with Crippen LogP contribution in [-0.4, -0.2) is 33.1 Å². The van der Waals surface area contributed by atoms with Crippen molar-refractivity contribution in [1.29, 1.82) is 0 Å². The van der Waals surface area contributed by atoms with Crippen molar-refractivity contribution >= 4 is 35.0 Å². The highest BCUT2D eigenvalue weighted by Crippen LogP contribution is 2.39. The van der Waals surface area contributed by atoms with Crippen molar-refractivity contribution in [2.24, 2.45) is 0 Å². The van der Waals surface area contributed by atoms with E-state index in [1.807, 2.05) is 77.5 Å². The van der Waals surface area contributed by atoms with Gasteiger partial charge in [0.15, 0.2) is 5.82 Å². The Labute approximate surface area is 200 Å². The molecule has 2 unspecified atom stereocenters. The van der Waals surface area contributed by atoms with Crippen molar-refractivity contribution in [3.8, 4) is 17.1 Å². The van der Waals surface area contributed by atoms with Crippen LogP contribution in [0.5, 0.6) is 5.75 Å². The average molecular weight is 478 g/mol. The molecular weight excluding hydrogens is 458 g/mol. The summed E-state index contributed by atoms with van der Waals surface area (Å²) in [6.07, 6.45) is 0. The Morgan fingerprint density at radius 1 is 1.03 bits per heavy atom. The van der Waals surface area contributed by atoms with Gasteiger partial charge in [0.2, 0.25) is 11.1 Å². The highest BCUT2D eigenvalue weighted by molar-refractivity contribution is 8.00. The Morgan fingerprint density at radius 3 is 2.52 bits per heavy atom. The molecule has 2 atom stereocenters. The molecule has 0 spiro atoms. The number of ether oxygens (including phenoxy) is 1. The van der Waals surface area contributed by atoms with Gasteiger partial charge in [-0.25, -0.2) is 4.68 Å². The number of hydrogen-bond acceptors (Lipinski definition) is 6. The first-order chi connectivity index (χ1) is 16.1. The molecule has 0 fully saturated rings.